The Morgan fingerprint density at radius 1 is 1.09 bits per heavy atom. The van der Waals surface area contributed by atoms with Crippen LogP contribution in [0.3, 0.4) is 0 Å². The third kappa shape index (κ3) is 4.78. The highest BCUT2D eigenvalue weighted by Gasteiger charge is 2.35. The van der Waals surface area contributed by atoms with Crippen LogP contribution in [0.4, 0.5) is 5.95 Å². The monoisotopic (exact) mass is 464 g/mol. The molecule has 2 aromatic carbocycles. The fraction of sp³-hybridized carbons (Fsp3) is 0.250. The molecule has 1 aliphatic heterocycles. The molecule has 0 aliphatic carbocycles. The maximum Gasteiger partial charge on any atom is 0.338 e. The molecule has 0 fully saturated rings. The van der Waals surface area contributed by atoms with Gasteiger partial charge in [-0.1, -0.05) is 54.2 Å². The van der Waals surface area contributed by atoms with E-state index in [9.17, 15) is 9.59 Å². The van der Waals surface area contributed by atoms with Gasteiger partial charge in [0.05, 0.1) is 24.9 Å². The molecular weight excluding hydrogens is 440 g/mol. The summed E-state index contributed by atoms with van der Waals surface area (Å²) >= 11 is 1.52. The van der Waals surface area contributed by atoms with Crippen molar-refractivity contribution < 1.29 is 19.1 Å². The number of anilines is 1. The zero-order valence-electron chi connectivity index (χ0n) is 18.6. The van der Waals surface area contributed by atoms with E-state index in [-0.39, 0.29) is 6.61 Å². The van der Waals surface area contributed by atoms with Crippen molar-refractivity contribution in [3.63, 3.8) is 0 Å². The number of nitrogens with zero attached hydrogens (tertiary/aromatic N) is 3. The molecule has 9 heteroatoms. The minimum Gasteiger partial charge on any atom is -0.465 e. The van der Waals surface area contributed by atoms with Gasteiger partial charge in [0, 0.05) is 11.4 Å². The van der Waals surface area contributed by atoms with Gasteiger partial charge < -0.3 is 14.8 Å². The molecule has 0 saturated heterocycles. The number of allylic oxidation sites excluding steroid dienone is 1. The zero-order chi connectivity index (χ0) is 23.4. The predicted molar refractivity (Wildman–Crippen MR) is 125 cm³/mol. The molecule has 0 bridgehead atoms. The number of aromatic nitrogens is 3. The van der Waals surface area contributed by atoms with Crippen molar-refractivity contribution in [2.75, 3.05) is 19.0 Å². The number of benzene rings is 2. The molecular formula is C24H24N4O4S. The number of rotatable bonds is 7. The molecule has 0 saturated carbocycles. The van der Waals surface area contributed by atoms with Gasteiger partial charge >= 0.3 is 11.9 Å². The van der Waals surface area contributed by atoms with E-state index in [4.69, 9.17) is 14.6 Å². The third-order valence-corrected chi connectivity index (χ3v) is 6.10. The van der Waals surface area contributed by atoms with E-state index in [1.807, 2.05) is 25.1 Å². The zero-order valence-corrected chi connectivity index (χ0v) is 19.4. The first-order valence-corrected chi connectivity index (χ1v) is 11.5. The van der Waals surface area contributed by atoms with Gasteiger partial charge in [-0.25, -0.2) is 14.3 Å². The average molecular weight is 465 g/mol. The van der Waals surface area contributed by atoms with E-state index >= 15 is 0 Å². The van der Waals surface area contributed by atoms with E-state index in [1.165, 1.54) is 24.4 Å². The molecule has 170 valence electrons. The smallest absolute Gasteiger partial charge is 0.338 e. The first kappa shape index (κ1) is 22.6. The van der Waals surface area contributed by atoms with Gasteiger partial charge in [-0.15, -0.1) is 5.10 Å². The maximum absolute atomic E-state index is 12.9. The van der Waals surface area contributed by atoms with Gasteiger partial charge in [0.1, 0.15) is 6.04 Å². The number of carbonyl (C=O) groups is 2. The van der Waals surface area contributed by atoms with Crippen LogP contribution in [-0.4, -0.2) is 40.4 Å². The van der Waals surface area contributed by atoms with Gasteiger partial charge in [-0.3, -0.25) is 0 Å². The Hall–Kier alpha value is -3.59. The van der Waals surface area contributed by atoms with Crippen LogP contribution >= 0.6 is 11.8 Å². The summed E-state index contributed by atoms with van der Waals surface area (Å²) in [5.41, 5.74) is 3.46. The lowest BCUT2D eigenvalue weighted by Gasteiger charge is -2.28. The van der Waals surface area contributed by atoms with E-state index in [2.05, 4.69) is 22.4 Å². The molecule has 4 rings (SSSR count). The summed E-state index contributed by atoms with van der Waals surface area (Å²) in [5.74, 6) is 0.410. The summed E-state index contributed by atoms with van der Waals surface area (Å²) in [4.78, 5) is 29.4. The number of fused-ring (bicyclic) bond motifs is 1. The molecule has 1 N–H and O–H groups in total. The second kappa shape index (κ2) is 9.91. The summed E-state index contributed by atoms with van der Waals surface area (Å²) in [6.45, 7) is 3.84. The summed E-state index contributed by atoms with van der Waals surface area (Å²) < 4.78 is 11.8. The number of methoxy groups -OCH3 is 1. The van der Waals surface area contributed by atoms with E-state index in [0.717, 1.165) is 11.3 Å². The summed E-state index contributed by atoms with van der Waals surface area (Å²) in [6.07, 6.45) is 0. The van der Waals surface area contributed by atoms with Crippen molar-refractivity contribution in [1.82, 2.24) is 14.8 Å². The Bertz CT molecular complexity index is 1190. The SMILES string of the molecule is CCOC(=O)C1=C(C)Nc2nc(SCc3ccccc3)nn2C1c1ccc(C(=O)OC)cc1. The van der Waals surface area contributed by atoms with Crippen molar-refractivity contribution in [2.24, 2.45) is 0 Å². The highest BCUT2D eigenvalue weighted by atomic mass is 32.2. The number of hydrogen-bond donors (Lipinski definition) is 1. The number of hydrogen-bond acceptors (Lipinski definition) is 8. The lowest BCUT2D eigenvalue weighted by atomic mass is 9.95. The molecule has 8 nitrogen and oxygen atoms in total. The van der Waals surface area contributed by atoms with Crippen LogP contribution in [0.2, 0.25) is 0 Å². The number of ether oxygens (including phenoxy) is 2. The summed E-state index contributed by atoms with van der Waals surface area (Å²) in [6, 6.07) is 16.4. The minimum atomic E-state index is -0.550. The highest BCUT2D eigenvalue weighted by molar-refractivity contribution is 7.98. The normalized spacial score (nSPS) is 14.9. The van der Waals surface area contributed by atoms with E-state index < -0.39 is 18.0 Å². The Kier molecular flexibility index (Phi) is 6.79. The lowest BCUT2D eigenvalue weighted by Crippen LogP contribution is -2.29. The molecule has 2 heterocycles. The molecule has 0 spiro atoms. The van der Waals surface area contributed by atoms with Gasteiger partial charge in [0.15, 0.2) is 0 Å². The van der Waals surface area contributed by atoms with E-state index in [0.29, 0.717) is 27.9 Å². The number of thioether (sulfide) groups is 1. The molecule has 1 aliphatic rings. The second-order valence-electron chi connectivity index (χ2n) is 7.34. The fourth-order valence-electron chi connectivity index (χ4n) is 3.62. The average Bonchev–Trinajstić information content (AvgIpc) is 3.24. The molecule has 1 atom stereocenters. The quantitative estimate of drug-likeness (QED) is 0.410. The van der Waals surface area contributed by atoms with Gasteiger partial charge in [-0.05, 0) is 37.1 Å². The fourth-order valence-corrected chi connectivity index (χ4v) is 4.40. The van der Waals surface area contributed by atoms with Crippen LogP contribution in [0.25, 0.3) is 0 Å². The lowest BCUT2D eigenvalue weighted by molar-refractivity contribution is -0.139. The first-order valence-electron chi connectivity index (χ1n) is 10.5. The van der Waals surface area contributed by atoms with Crippen LogP contribution < -0.4 is 5.32 Å². The summed E-state index contributed by atoms with van der Waals surface area (Å²) in [5, 5.41) is 8.48. The van der Waals surface area contributed by atoms with Gasteiger partial charge in [0.25, 0.3) is 0 Å². The Balaban J connectivity index is 1.70. The third-order valence-electron chi connectivity index (χ3n) is 5.19. The molecule has 0 amide bonds. The molecule has 33 heavy (non-hydrogen) atoms. The van der Waals surface area contributed by atoms with Crippen molar-refractivity contribution in [2.45, 2.75) is 30.8 Å². The number of nitrogens with one attached hydrogen (secondary N) is 1. The van der Waals surface area contributed by atoms with Crippen molar-refractivity contribution in [3.8, 4) is 0 Å². The molecule has 0 radical (unpaired) electrons. The molecule has 1 unspecified atom stereocenters. The van der Waals surface area contributed by atoms with Crippen LogP contribution in [0.1, 0.15) is 41.4 Å². The van der Waals surface area contributed by atoms with Crippen LogP contribution in [-0.2, 0) is 20.0 Å². The Morgan fingerprint density at radius 3 is 2.48 bits per heavy atom. The van der Waals surface area contributed by atoms with Crippen LogP contribution in [0.5, 0.6) is 0 Å². The van der Waals surface area contributed by atoms with Crippen LogP contribution in [0, 0.1) is 0 Å². The number of carbonyl (C=O) groups excluding carboxylic acids is 2. The van der Waals surface area contributed by atoms with Crippen molar-refractivity contribution >= 4 is 29.6 Å². The predicted octanol–water partition coefficient (Wildman–Crippen LogP) is 4.21. The van der Waals surface area contributed by atoms with Crippen molar-refractivity contribution in [1.29, 1.82) is 0 Å². The van der Waals surface area contributed by atoms with E-state index in [1.54, 1.807) is 35.9 Å². The first-order chi connectivity index (χ1) is 16.0. The van der Waals surface area contributed by atoms with Crippen LogP contribution in [0.15, 0.2) is 71.0 Å². The van der Waals surface area contributed by atoms with Gasteiger partial charge in [0.2, 0.25) is 11.1 Å². The van der Waals surface area contributed by atoms with Crippen molar-refractivity contribution in [3.05, 3.63) is 82.6 Å². The topological polar surface area (TPSA) is 95.3 Å². The molecule has 3 aromatic rings. The van der Waals surface area contributed by atoms with Gasteiger partial charge in [-0.2, -0.15) is 4.98 Å². The Morgan fingerprint density at radius 2 is 1.82 bits per heavy atom. The maximum atomic E-state index is 12.9. The second-order valence-corrected chi connectivity index (χ2v) is 8.28. The molecule has 1 aromatic heterocycles. The standard InChI is InChI=1S/C24H24N4O4S/c1-4-32-22(30)19-15(2)25-23-26-24(33-14-16-8-6-5-7-9-16)27-28(23)20(19)17-10-12-18(13-11-17)21(29)31-3/h5-13,20H,4,14H2,1-3H3,(H,25,26,27). The highest BCUT2D eigenvalue weighted by Crippen LogP contribution is 2.37. The largest absolute Gasteiger partial charge is 0.465 e. The summed E-state index contributed by atoms with van der Waals surface area (Å²) in [7, 11) is 1.34. The Labute approximate surface area is 196 Å². The number of esters is 2. The minimum absolute atomic E-state index is 0.256.